The highest BCUT2D eigenvalue weighted by molar-refractivity contribution is 7.46. The molecule has 0 rings (SSSR count). The maximum Gasteiger partial charge on any atom is 0.500 e. The van der Waals surface area contributed by atoms with Gasteiger partial charge in [0.2, 0.25) is 0 Å². The van der Waals surface area contributed by atoms with Crippen LogP contribution in [0.1, 0.15) is 0 Å². The van der Waals surface area contributed by atoms with E-state index in [1.807, 2.05) is 0 Å². The lowest BCUT2D eigenvalue weighted by atomic mass is 11.9. The van der Waals surface area contributed by atoms with Gasteiger partial charge in [-0.25, -0.2) is 9.83 Å². The third kappa shape index (κ3) is 17.7. The lowest BCUT2D eigenvalue weighted by molar-refractivity contribution is -0.0389. The molecular formula is CH3FNO4P. The largest absolute Gasteiger partial charge is 0.500 e. The zero-order chi connectivity index (χ0) is 7.21. The van der Waals surface area contributed by atoms with Crippen molar-refractivity contribution < 1.29 is 23.6 Å². The van der Waals surface area contributed by atoms with Crippen molar-refractivity contribution >= 4 is 7.82 Å². The van der Waals surface area contributed by atoms with Gasteiger partial charge in [0.15, 0.2) is 0 Å². The first-order valence-corrected chi connectivity index (χ1v) is 2.71. The lowest BCUT2D eigenvalue weighted by Crippen LogP contribution is -1.71. The van der Waals surface area contributed by atoms with Crippen LogP contribution in [0.5, 0.6) is 0 Å². The summed E-state index contributed by atoms with van der Waals surface area (Å²) in [7, 11) is -4.81. The second-order valence-corrected chi connectivity index (χ2v) is 1.68. The zero-order valence-electron chi connectivity index (χ0n) is 3.56. The van der Waals surface area contributed by atoms with E-state index in [9.17, 15) is 4.53 Å². The van der Waals surface area contributed by atoms with E-state index >= 15 is 0 Å². The highest BCUT2D eigenvalue weighted by atomic mass is 31.2. The van der Waals surface area contributed by atoms with Gasteiger partial charge in [-0.1, -0.05) is 4.73 Å². The van der Waals surface area contributed by atoms with Gasteiger partial charge in [-0.15, -0.1) is 0 Å². The summed E-state index contributed by atoms with van der Waals surface area (Å²) in [5.41, 5.74) is 0. The molecule has 0 heterocycles. The molecule has 0 bridgehead atoms. The minimum absolute atomic E-state index is 2.10. The molecule has 0 fully saturated rings. The predicted molar refractivity (Wildman–Crippen MR) is 20.9 cm³/mol. The van der Waals surface area contributed by atoms with Crippen molar-refractivity contribution in [2.24, 2.45) is 0 Å². The van der Waals surface area contributed by atoms with Crippen LogP contribution in [0, 0.1) is 11.8 Å². The van der Waals surface area contributed by atoms with Crippen molar-refractivity contribution in [2.75, 3.05) is 0 Å². The molecule has 0 aliphatic heterocycles. The van der Waals surface area contributed by atoms with Gasteiger partial charge in [0, 0.05) is 6.57 Å². The molecule has 48 valence electrons. The summed E-state index contributed by atoms with van der Waals surface area (Å²) in [6.45, 7) is 3.50. The third-order valence-corrected chi connectivity index (χ3v) is 0.270. The molecule has 7 heteroatoms. The summed E-state index contributed by atoms with van der Waals surface area (Å²) < 4.78 is 21.4. The summed E-state index contributed by atoms with van der Waals surface area (Å²) >= 11 is 0. The highest BCUT2D eigenvalue weighted by Gasteiger charge is 2.12. The monoisotopic (exact) mass is 143 g/mol. The van der Waals surface area contributed by atoms with Crippen molar-refractivity contribution in [2.45, 2.75) is 0 Å². The number of nitriles is 1. The first kappa shape index (κ1) is 10.5. The summed E-state index contributed by atoms with van der Waals surface area (Å²) in [5.74, 6) is 0. The van der Waals surface area contributed by atoms with Crippen molar-refractivity contribution in [1.29, 1.82) is 5.26 Å². The molecule has 0 atom stereocenters. The molecule has 0 amide bonds. The van der Waals surface area contributed by atoms with E-state index in [-0.39, 0.29) is 0 Å². The van der Waals surface area contributed by atoms with Crippen LogP contribution in [0.15, 0.2) is 0 Å². The van der Waals surface area contributed by atoms with E-state index in [4.69, 9.17) is 19.6 Å². The molecule has 0 saturated carbocycles. The Labute approximate surface area is 44.5 Å². The normalized spacial score (nSPS) is 9.12. The number of phosphoric acid groups is 1. The van der Waals surface area contributed by atoms with Crippen LogP contribution >= 0.6 is 7.82 Å². The molecule has 0 aromatic heterocycles. The molecule has 2 N–H and O–H groups in total. The summed E-state index contributed by atoms with van der Waals surface area (Å²) in [4.78, 5) is 14.7. The maximum atomic E-state index is 10.2. The third-order valence-electron chi connectivity index (χ3n) is 0.0899. The van der Waals surface area contributed by atoms with Gasteiger partial charge in [0.1, 0.15) is 0 Å². The van der Waals surface area contributed by atoms with E-state index in [0.717, 1.165) is 0 Å². The van der Waals surface area contributed by atoms with Crippen LogP contribution in [-0.2, 0) is 9.29 Å². The quantitative estimate of drug-likeness (QED) is 0.508. The summed E-state index contributed by atoms with van der Waals surface area (Å²) in [5, 5.41) is 6.50. The van der Waals surface area contributed by atoms with Crippen LogP contribution in [-0.4, -0.2) is 9.79 Å². The van der Waals surface area contributed by atoms with Crippen molar-refractivity contribution in [1.82, 2.24) is 0 Å². The van der Waals surface area contributed by atoms with Crippen LogP contribution in [0.4, 0.5) is 4.53 Å². The van der Waals surface area contributed by atoms with Gasteiger partial charge in [0.05, 0.1) is 0 Å². The number of hydrogen-bond acceptors (Lipinski definition) is 3. The lowest BCUT2D eigenvalue weighted by Gasteiger charge is -1.87. The Bertz CT molecular complexity index is 106. The van der Waals surface area contributed by atoms with Gasteiger partial charge in [-0.05, 0) is 4.53 Å². The van der Waals surface area contributed by atoms with Crippen LogP contribution in [0.25, 0.3) is 0 Å². The van der Waals surface area contributed by atoms with Crippen molar-refractivity contribution in [3.05, 3.63) is 0 Å². The van der Waals surface area contributed by atoms with Gasteiger partial charge < -0.3 is 9.79 Å². The number of nitrogens with zero attached hydrogens (tertiary/aromatic N) is 1. The molecule has 0 aliphatic rings. The topological polar surface area (TPSA) is 90.6 Å². The van der Waals surface area contributed by atoms with Gasteiger partial charge in [-0.2, -0.15) is 0 Å². The van der Waals surface area contributed by atoms with E-state index in [2.05, 4.69) is 11.3 Å². The average Bonchev–Trinajstić information content (AvgIpc) is 1.71. The van der Waals surface area contributed by atoms with Crippen LogP contribution < -0.4 is 0 Å². The van der Waals surface area contributed by atoms with E-state index < -0.39 is 7.82 Å². The second-order valence-electron chi connectivity index (χ2n) is 0.560. The minimum atomic E-state index is -4.81. The van der Waals surface area contributed by atoms with E-state index in [1.54, 1.807) is 0 Å². The smallest absolute Gasteiger partial charge is 0.301 e. The predicted octanol–water partition coefficient (Wildman–Crippen LogP) is 0.120. The van der Waals surface area contributed by atoms with Gasteiger partial charge >= 0.3 is 7.82 Å². The molecule has 0 saturated heterocycles. The van der Waals surface area contributed by atoms with Crippen LogP contribution in [0.2, 0.25) is 0 Å². The first-order valence-electron chi connectivity index (χ1n) is 1.18. The molecule has 0 aromatic rings. The Kier molecular flexibility index (Phi) is 6.15. The Morgan fingerprint density at radius 2 is 1.75 bits per heavy atom. The first-order chi connectivity index (χ1) is 3.56. The average molecular weight is 143 g/mol. The Morgan fingerprint density at radius 1 is 1.62 bits per heavy atom. The number of halogens is 1. The van der Waals surface area contributed by atoms with E-state index in [1.165, 1.54) is 0 Å². The number of hydrogen-bond donors (Lipinski definition) is 2. The fraction of sp³-hybridized carbons (Fsp3) is 0. The number of rotatable bonds is 1. The molecule has 0 spiro atoms. The fourth-order valence-electron chi connectivity index (χ4n) is 0. The molecule has 5 nitrogen and oxygen atoms in total. The Morgan fingerprint density at radius 3 is 1.75 bits per heavy atom. The van der Waals surface area contributed by atoms with Gasteiger partial charge in [-0.3, -0.25) is 0 Å². The van der Waals surface area contributed by atoms with Gasteiger partial charge in [0.25, 0.3) is 0 Å². The minimum Gasteiger partial charge on any atom is -0.301 e. The summed E-state index contributed by atoms with van der Waals surface area (Å²) in [6.07, 6.45) is 0. The standard InChI is InChI=1S/CHN.FH2O4P/c1-2;1-5-6(2,3)4/h1H;(H2,2,3,4). The summed E-state index contributed by atoms with van der Waals surface area (Å²) in [6, 6.07) is 0. The Hall–Kier alpha value is -0.470. The SMILES string of the molecule is C#N.O=P(O)(O)OF. The zero-order valence-corrected chi connectivity index (χ0v) is 4.46. The van der Waals surface area contributed by atoms with Crippen molar-refractivity contribution in [3.63, 3.8) is 0 Å². The fourth-order valence-corrected chi connectivity index (χ4v) is 0. The molecule has 0 aromatic carbocycles. The van der Waals surface area contributed by atoms with E-state index in [0.29, 0.717) is 0 Å². The van der Waals surface area contributed by atoms with Crippen molar-refractivity contribution in [3.8, 4) is 6.57 Å². The maximum absolute atomic E-state index is 10.2. The molecule has 0 aliphatic carbocycles. The molecule has 0 radical (unpaired) electrons. The molecule has 8 heavy (non-hydrogen) atoms. The molecule has 0 unspecified atom stereocenters. The second kappa shape index (κ2) is 4.68. The van der Waals surface area contributed by atoms with Crippen LogP contribution in [0.3, 0.4) is 0 Å². The highest BCUT2D eigenvalue weighted by Crippen LogP contribution is 2.35. The Balaban J connectivity index is 0. The molecular weight excluding hydrogens is 140 g/mol.